The zero-order valence-electron chi connectivity index (χ0n) is 7.83. The number of hydrogen-bond acceptors (Lipinski definition) is 2. The van der Waals surface area contributed by atoms with Gasteiger partial charge in [-0.05, 0) is 6.42 Å². The van der Waals surface area contributed by atoms with Crippen LogP contribution in [0.2, 0.25) is 0 Å². The van der Waals surface area contributed by atoms with Crippen LogP contribution in [0.5, 0.6) is 0 Å². The number of carbonyl (C=O) groups excluding carboxylic acids is 2. The molecule has 0 unspecified atom stereocenters. The van der Waals surface area contributed by atoms with Gasteiger partial charge in [0.1, 0.15) is 0 Å². The largest absolute Gasteiger partial charge is 0.336 e. The Bertz CT molecular complexity index is 211. The number of likely N-dealkylation sites (N-methyl/N-ethyl adjacent to an activating group) is 1. The topological polar surface area (TPSA) is 37.4 Å². The third kappa shape index (κ3) is 1.49. The van der Waals surface area contributed by atoms with E-state index in [-0.39, 0.29) is 23.7 Å². The van der Waals surface area contributed by atoms with Crippen LogP contribution in [-0.2, 0) is 9.59 Å². The van der Waals surface area contributed by atoms with Crippen LogP contribution in [0.4, 0.5) is 0 Å². The number of amides is 1. The molecular weight excluding hydrogens is 154 g/mol. The van der Waals surface area contributed by atoms with Crippen molar-refractivity contribution in [1.29, 1.82) is 0 Å². The van der Waals surface area contributed by atoms with E-state index in [9.17, 15) is 9.59 Å². The molecule has 3 heteroatoms. The van der Waals surface area contributed by atoms with Gasteiger partial charge in [-0.3, -0.25) is 9.59 Å². The number of ketones is 1. The van der Waals surface area contributed by atoms with Gasteiger partial charge >= 0.3 is 0 Å². The third-order valence-electron chi connectivity index (χ3n) is 2.39. The molecule has 68 valence electrons. The molecule has 1 aliphatic heterocycles. The van der Waals surface area contributed by atoms with Crippen molar-refractivity contribution in [2.75, 3.05) is 7.05 Å². The third-order valence-corrected chi connectivity index (χ3v) is 2.39. The van der Waals surface area contributed by atoms with E-state index in [4.69, 9.17) is 0 Å². The first-order valence-corrected chi connectivity index (χ1v) is 4.33. The normalized spacial score (nSPS) is 23.8. The van der Waals surface area contributed by atoms with E-state index in [0.29, 0.717) is 12.8 Å². The molecule has 0 aliphatic carbocycles. The number of carbonyl (C=O) groups is 2. The lowest BCUT2D eigenvalue weighted by molar-refractivity contribution is -0.134. The molecular formula is C9H15NO2. The van der Waals surface area contributed by atoms with Crippen molar-refractivity contribution in [3.05, 3.63) is 0 Å². The highest BCUT2D eigenvalue weighted by Gasteiger charge is 2.33. The molecule has 0 spiro atoms. The molecule has 0 radical (unpaired) electrons. The standard InChI is InChI=1S/C9H15NO2/c1-6(2)9(12)7-4-5-8(11)10(7)3/h6-7H,4-5H2,1-3H3/t7-/m0/s1. The maximum Gasteiger partial charge on any atom is 0.223 e. The highest BCUT2D eigenvalue weighted by molar-refractivity contribution is 5.92. The van der Waals surface area contributed by atoms with Gasteiger partial charge in [-0.15, -0.1) is 0 Å². The first kappa shape index (κ1) is 9.23. The van der Waals surface area contributed by atoms with Crippen molar-refractivity contribution in [1.82, 2.24) is 4.90 Å². The van der Waals surface area contributed by atoms with Crippen LogP contribution in [0.15, 0.2) is 0 Å². The maximum absolute atomic E-state index is 11.5. The van der Waals surface area contributed by atoms with Gasteiger partial charge in [0.05, 0.1) is 6.04 Å². The molecule has 1 saturated heterocycles. The molecule has 0 N–H and O–H groups in total. The summed E-state index contributed by atoms with van der Waals surface area (Å²) >= 11 is 0. The number of rotatable bonds is 2. The molecule has 1 aliphatic rings. The average Bonchev–Trinajstić information content (AvgIpc) is 2.32. The van der Waals surface area contributed by atoms with Crippen LogP contribution in [0.3, 0.4) is 0 Å². The van der Waals surface area contributed by atoms with Crippen molar-refractivity contribution in [3.8, 4) is 0 Å². The SMILES string of the molecule is CC(C)C(=O)[C@@H]1CCC(=O)N1C. The summed E-state index contributed by atoms with van der Waals surface area (Å²) in [7, 11) is 1.71. The minimum Gasteiger partial charge on any atom is -0.336 e. The molecule has 12 heavy (non-hydrogen) atoms. The molecule has 0 saturated carbocycles. The Morgan fingerprint density at radius 2 is 2.17 bits per heavy atom. The number of nitrogens with zero attached hydrogens (tertiary/aromatic N) is 1. The summed E-state index contributed by atoms with van der Waals surface area (Å²) in [4.78, 5) is 24.2. The van der Waals surface area contributed by atoms with E-state index < -0.39 is 0 Å². The van der Waals surface area contributed by atoms with E-state index in [2.05, 4.69) is 0 Å². The van der Waals surface area contributed by atoms with Gasteiger partial charge in [0.15, 0.2) is 5.78 Å². The summed E-state index contributed by atoms with van der Waals surface area (Å²) in [6, 6.07) is -0.155. The van der Waals surface area contributed by atoms with Gasteiger partial charge in [0, 0.05) is 19.4 Å². The van der Waals surface area contributed by atoms with Crippen LogP contribution in [0, 0.1) is 5.92 Å². The highest BCUT2D eigenvalue weighted by atomic mass is 16.2. The van der Waals surface area contributed by atoms with Crippen molar-refractivity contribution < 1.29 is 9.59 Å². The van der Waals surface area contributed by atoms with Gasteiger partial charge in [-0.1, -0.05) is 13.8 Å². The van der Waals surface area contributed by atoms with E-state index in [1.807, 2.05) is 13.8 Å². The maximum atomic E-state index is 11.5. The highest BCUT2D eigenvalue weighted by Crippen LogP contribution is 2.19. The molecule has 3 nitrogen and oxygen atoms in total. The Morgan fingerprint density at radius 1 is 1.58 bits per heavy atom. The Hall–Kier alpha value is -0.860. The lowest BCUT2D eigenvalue weighted by atomic mass is 10.0. The van der Waals surface area contributed by atoms with Crippen molar-refractivity contribution >= 4 is 11.7 Å². The van der Waals surface area contributed by atoms with Crippen LogP contribution < -0.4 is 0 Å². The fraction of sp³-hybridized carbons (Fsp3) is 0.778. The molecule has 0 bridgehead atoms. The molecule has 1 rings (SSSR count). The van der Waals surface area contributed by atoms with Gasteiger partial charge in [0.2, 0.25) is 5.91 Å². The van der Waals surface area contributed by atoms with Gasteiger partial charge in [-0.2, -0.15) is 0 Å². The molecule has 0 aromatic rings. The zero-order chi connectivity index (χ0) is 9.30. The van der Waals surface area contributed by atoms with Gasteiger partial charge in [0.25, 0.3) is 0 Å². The molecule has 1 fully saturated rings. The fourth-order valence-electron chi connectivity index (χ4n) is 1.52. The van der Waals surface area contributed by atoms with E-state index >= 15 is 0 Å². The second-order valence-electron chi connectivity index (χ2n) is 3.62. The Labute approximate surface area is 72.7 Å². The van der Waals surface area contributed by atoms with Crippen molar-refractivity contribution in [3.63, 3.8) is 0 Å². The summed E-state index contributed by atoms with van der Waals surface area (Å²) in [6.07, 6.45) is 1.23. The number of hydrogen-bond donors (Lipinski definition) is 0. The van der Waals surface area contributed by atoms with Crippen LogP contribution in [0.1, 0.15) is 26.7 Å². The summed E-state index contributed by atoms with van der Waals surface area (Å²) < 4.78 is 0. The molecule has 1 amide bonds. The second kappa shape index (κ2) is 3.25. The lowest BCUT2D eigenvalue weighted by Crippen LogP contribution is -2.37. The fourth-order valence-corrected chi connectivity index (χ4v) is 1.52. The Morgan fingerprint density at radius 3 is 2.50 bits per heavy atom. The van der Waals surface area contributed by atoms with Crippen LogP contribution >= 0.6 is 0 Å². The van der Waals surface area contributed by atoms with Crippen LogP contribution in [-0.4, -0.2) is 29.7 Å². The predicted octanol–water partition coefficient (Wildman–Crippen LogP) is 0.832. The lowest BCUT2D eigenvalue weighted by Gasteiger charge is -2.19. The first-order chi connectivity index (χ1) is 5.54. The Balaban J connectivity index is 2.65. The van der Waals surface area contributed by atoms with E-state index in [1.54, 1.807) is 11.9 Å². The monoisotopic (exact) mass is 169 g/mol. The van der Waals surface area contributed by atoms with E-state index in [1.165, 1.54) is 0 Å². The average molecular weight is 169 g/mol. The van der Waals surface area contributed by atoms with Crippen molar-refractivity contribution in [2.24, 2.45) is 5.92 Å². The second-order valence-corrected chi connectivity index (χ2v) is 3.62. The zero-order valence-corrected chi connectivity index (χ0v) is 7.83. The summed E-state index contributed by atoms with van der Waals surface area (Å²) in [5.41, 5.74) is 0. The van der Waals surface area contributed by atoms with E-state index in [0.717, 1.165) is 0 Å². The number of Topliss-reactive ketones (excluding diaryl/α,β-unsaturated/α-hetero) is 1. The summed E-state index contributed by atoms with van der Waals surface area (Å²) in [6.45, 7) is 3.75. The molecule has 1 heterocycles. The predicted molar refractivity (Wildman–Crippen MR) is 45.6 cm³/mol. The van der Waals surface area contributed by atoms with Crippen LogP contribution in [0.25, 0.3) is 0 Å². The molecule has 0 aromatic heterocycles. The summed E-state index contributed by atoms with van der Waals surface area (Å²) in [5, 5.41) is 0. The van der Waals surface area contributed by atoms with Gasteiger partial charge in [-0.25, -0.2) is 0 Å². The molecule has 1 atom stereocenters. The molecule has 0 aromatic carbocycles. The number of likely N-dealkylation sites (tertiary alicyclic amines) is 1. The van der Waals surface area contributed by atoms with Crippen molar-refractivity contribution in [2.45, 2.75) is 32.7 Å². The minimum absolute atomic E-state index is 0.0309. The quantitative estimate of drug-likeness (QED) is 0.614. The Kier molecular flexibility index (Phi) is 2.50. The smallest absolute Gasteiger partial charge is 0.223 e. The summed E-state index contributed by atoms with van der Waals surface area (Å²) in [5.74, 6) is 0.306. The first-order valence-electron chi connectivity index (χ1n) is 4.33. The minimum atomic E-state index is -0.155. The van der Waals surface area contributed by atoms with Gasteiger partial charge < -0.3 is 4.90 Å².